The molecule has 0 aromatic rings. The van der Waals surface area contributed by atoms with Gasteiger partial charge in [-0.15, -0.1) is 0 Å². The summed E-state index contributed by atoms with van der Waals surface area (Å²) in [6.45, 7) is 0. The van der Waals surface area contributed by atoms with Crippen LogP contribution in [0.1, 0.15) is 0 Å². The van der Waals surface area contributed by atoms with Crippen LogP contribution in [0.15, 0.2) is 0 Å². The average Bonchev–Trinajstić information content (AvgIpc) is 1.85. The smallest absolute Gasteiger partial charge is 0.326 e. The van der Waals surface area contributed by atoms with Gasteiger partial charge < -0.3 is 14.7 Å². The molecule has 0 fully saturated rings. The minimum Gasteiger partial charge on any atom is -0.326 e. The Balaban J connectivity index is 0. The van der Waals surface area contributed by atoms with E-state index in [4.69, 9.17) is 14.7 Å². The molecule has 82 valence electrons. The molecule has 12 heteroatoms. The topological polar surface area (TPSA) is 130 Å². The third kappa shape index (κ3) is 13.0. The highest BCUT2D eigenvalue weighted by Crippen LogP contribution is 2.55. The molecule has 0 aliphatic heterocycles. The van der Waals surface area contributed by atoms with Crippen LogP contribution in [0.5, 0.6) is 0 Å². The van der Waals surface area contributed by atoms with Crippen molar-refractivity contribution in [2.45, 2.75) is 0 Å². The molecule has 0 saturated carbocycles. The van der Waals surface area contributed by atoms with Gasteiger partial charge in [0.05, 0.1) is 0 Å². The van der Waals surface area contributed by atoms with Crippen molar-refractivity contribution in [2.75, 3.05) is 5.83 Å². The van der Waals surface area contributed by atoms with E-state index in [2.05, 4.69) is 24.6 Å². The number of phosphoric acid groups is 1. The summed E-state index contributed by atoms with van der Waals surface area (Å²) < 4.78 is 36.6. The van der Waals surface area contributed by atoms with E-state index >= 15 is 0 Å². The highest BCUT2D eigenvalue weighted by atomic mass is 79.9. The second kappa shape index (κ2) is 8.29. The van der Waals surface area contributed by atoms with Crippen LogP contribution < -0.4 is 0 Å². The minimum absolute atomic E-state index is 1.81. The molecule has 0 spiro atoms. The van der Waals surface area contributed by atoms with Crippen LogP contribution in [0.4, 0.5) is 0 Å². The van der Waals surface area contributed by atoms with E-state index in [1.54, 1.807) is 0 Å². The van der Waals surface area contributed by atoms with E-state index in [9.17, 15) is 13.7 Å². The maximum Gasteiger partial charge on any atom is 0.486 e. The second-order valence-corrected chi connectivity index (χ2v) is 4.64. The summed E-state index contributed by atoms with van der Waals surface area (Å²) in [5, 5.41) is 0. The standard InChI is InChI=1S/CH3Br.H5O8P3/c1-2;1-9(2)7-11(5,6)8-10(3)4/h1H3;9-10H,(H,1,2)(H,3,4)(H,5,6). The van der Waals surface area contributed by atoms with Gasteiger partial charge in [-0.1, -0.05) is 15.9 Å². The lowest BCUT2D eigenvalue weighted by Crippen LogP contribution is -1.81. The number of hydrogen-bond donors (Lipinski definition) is 3. The van der Waals surface area contributed by atoms with Crippen molar-refractivity contribution >= 4 is 40.3 Å². The zero-order valence-electron chi connectivity index (χ0n) is 6.21. The maximum absolute atomic E-state index is 10.3. The van der Waals surface area contributed by atoms with Crippen molar-refractivity contribution in [3.05, 3.63) is 0 Å². The molecule has 0 amide bonds. The van der Waals surface area contributed by atoms with Crippen molar-refractivity contribution in [3.8, 4) is 0 Å². The van der Waals surface area contributed by atoms with E-state index in [-0.39, 0.29) is 0 Å². The molecular weight excluding hydrogens is 313 g/mol. The molecule has 0 aliphatic carbocycles. The van der Waals surface area contributed by atoms with Crippen LogP contribution in [-0.4, -0.2) is 20.5 Å². The zero-order chi connectivity index (χ0) is 11.1. The fourth-order valence-corrected chi connectivity index (χ4v) is 2.28. The quantitative estimate of drug-likeness (QED) is 0.514. The van der Waals surface area contributed by atoms with Crippen molar-refractivity contribution in [2.24, 2.45) is 0 Å². The van der Waals surface area contributed by atoms with Gasteiger partial charge in [-0.05, 0) is 5.83 Å². The van der Waals surface area contributed by atoms with Gasteiger partial charge in [0.25, 0.3) is 0 Å². The summed E-state index contributed by atoms with van der Waals surface area (Å²) in [5.74, 6) is 1.81. The third-order valence-electron chi connectivity index (χ3n) is 0.387. The van der Waals surface area contributed by atoms with Crippen LogP contribution in [0, 0.1) is 0 Å². The first-order valence-corrected chi connectivity index (χ1v) is 8.00. The molecule has 8 nitrogen and oxygen atoms in total. The summed E-state index contributed by atoms with van der Waals surface area (Å²) >= 11 is 2.94. The Morgan fingerprint density at radius 2 is 1.38 bits per heavy atom. The van der Waals surface area contributed by atoms with Gasteiger partial charge in [0.1, 0.15) is 0 Å². The summed E-state index contributed by atoms with van der Waals surface area (Å²) in [7, 11) is -12.2. The Kier molecular flexibility index (Phi) is 10.5. The first kappa shape index (κ1) is 16.4. The number of alkyl halides is 1. The molecule has 2 unspecified atom stereocenters. The number of rotatable bonds is 4. The predicted molar refractivity (Wildman–Crippen MR) is 49.3 cm³/mol. The van der Waals surface area contributed by atoms with E-state index in [0.29, 0.717) is 0 Å². The van der Waals surface area contributed by atoms with Gasteiger partial charge in [0.15, 0.2) is 0 Å². The molecule has 0 rings (SSSR count). The second-order valence-electron chi connectivity index (χ2n) is 1.18. The summed E-state index contributed by atoms with van der Waals surface area (Å²) in [6.07, 6.45) is 0. The first-order chi connectivity index (χ1) is 5.83. The van der Waals surface area contributed by atoms with Crippen molar-refractivity contribution in [3.63, 3.8) is 0 Å². The lowest BCUT2D eigenvalue weighted by molar-refractivity contribution is 0.271. The monoisotopic (exact) mass is 320 g/mol. The Morgan fingerprint density at radius 1 is 1.15 bits per heavy atom. The molecule has 0 heterocycles. The predicted octanol–water partition coefficient (Wildman–Crippen LogP) is 0.895. The molecule has 0 aromatic carbocycles. The molecule has 0 bridgehead atoms. The summed E-state index contributed by atoms with van der Waals surface area (Å²) in [5.41, 5.74) is 0. The SMILES string of the molecule is CBr.O=[PH](O)OP(=O)(O)O[PH](=O)O. The van der Waals surface area contributed by atoms with Crippen LogP contribution >= 0.6 is 40.3 Å². The van der Waals surface area contributed by atoms with E-state index in [0.717, 1.165) is 0 Å². The van der Waals surface area contributed by atoms with E-state index in [1.807, 2.05) is 5.83 Å². The van der Waals surface area contributed by atoms with Crippen LogP contribution in [0.25, 0.3) is 0 Å². The molecule has 13 heavy (non-hydrogen) atoms. The zero-order valence-corrected chi connectivity index (χ0v) is 10.7. The molecule has 0 radical (unpaired) electrons. The lowest BCUT2D eigenvalue weighted by atomic mass is 12.0. The van der Waals surface area contributed by atoms with Crippen LogP contribution in [0.2, 0.25) is 0 Å². The minimum atomic E-state index is -4.84. The molecule has 0 aliphatic rings. The molecule has 2 atom stereocenters. The van der Waals surface area contributed by atoms with E-state index in [1.165, 1.54) is 0 Å². The normalized spacial score (nSPS) is 19.2. The third-order valence-corrected chi connectivity index (χ3v) is 3.48. The molecular formula is CH8BrO8P3. The summed E-state index contributed by atoms with van der Waals surface area (Å²) in [6, 6.07) is 0. The van der Waals surface area contributed by atoms with Crippen molar-refractivity contribution in [1.82, 2.24) is 0 Å². The van der Waals surface area contributed by atoms with Gasteiger partial charge in [-0.2, -0.15) is 0 Å². The van der Waals surface area contributed by atoms with Gasteiger partial charge in [-0.3, -0.25) is 9.13 Å². The Bertz CT molecular complexity index is 205. The summed E-state index contributed by atoms with van der Waals surface area (Å²) in [4.78, 5) is 24.2. The number of halogens is 1. The molecule has 0 saturated heterocycles. The van der Waals surface area contributed by atoms with Crippen LogP contribution in [-0.2, 0) is 22.3 Å². The first-order valence-electron chi connectivity index (χ1n) is 2.39. The fourth-order valence-electron chi connectivity index (χ4n) is 0.216. The van der Waals surface area contributed by atoms with Crippen molar-refractivity contribution < 1.29 is 37.0 Å². The van der Waals surface area contributed by atoms with E-state index < -0.39 is 24.3 Å². The average molecular weight is 321 g/mol. The lowest BCUT2D eigenvalue weighted by Gasteiger charge is -2.05. The fraction of sp³-hybridized carbons (Fsp3) is 1.00. The molecule has 0 aromatic heterocycles. The van der Waals surface area contributed by atoms with Gasteiger partial charge in [0.2, 0.25) is 0 Å². The Hall–Kier alpha value is 0.970. The van der Waals surface area contributed by atoms with Gasteiger partial charge >= 0.3 is 24.3 Å². The Labute approximate surface area is 83.5 Å². The highest BCUT2D eigenvalue weighted by Gasteiger charge is 2.25. The van der Waals surface area contributed by atoms with Crippen LogP contribution in [0.3, 0.4) is 0 Å². The Morgan fingerprint density at radius 3 is 1.54 bits per heavy atom. The maximum atomic E-state index is 10.3. The largest absolute Gasteiger partial charge is 0.486 e. The highest BCUT2D eigenvalue weighted by molar-refractivity contribution is 9.08. The van der Waals surface area contributed by atoms with Gasteiger partial charge in [-0.25, -0.2) is 13.2 Å². The van der Waals surface area contributed by atoms with Crippen molar-refractivity contribution in [1.29, 1.82) is 0 Å². The van der Waals surface area contributed by atoms with Gasteiger partial charge in [0, 0.05) is 0 Å². The molecule has 3 N–H and O–H groups in total. The number of hydrogen-bond acceptors (Lipinski definition) is 5.